The first kappa shape index (κ1) is 16.0. The number of ether oxygens (including phenoxy) is 1. The van der Waals surface area contributed by atoms with Crippen molar-refractivity contribution in [2.24, 2.45) is 5.92 Å². The molecular formula is C16H28N2O. The molecule has 0 saturated heterocycles. The van der Waals surface area contributed by atoms with Crippen LogP contribution >= 0.6 is 0 Å². The summed E-state index contributed by atoms with van der Waals surface area (Å²) in [4.78, 5) is 2.38. The van der Waals surface area contributed by atoms with Crippen LogP contribution < -0.4 is 10.1 Å². The summed E-state index contributed by atoms with van der Waals surface area (Å²) >= 11 is 0. The summed E-state index contributed by atoms with van der Waals surface area (Å²) in [6.07, 6.45) is 0. The van der Waals surface area contributed by atoms with E-state index in [0.29, 0.717) is 12.0 Å². The third-order valence-electron chi connectivity index (χ3n) is 3.81. The van der Waals surface area contributed by atoms with Crippen LogP contribution in [0, 0.1) is 5.92 Å². The lowest BCUT2D eigenvalue weighted by Gasteiger charge is -2.28. The molecule has 1 rings (SSSR count). The minimum absolute atomic E-state index is 0.553. The lowest BCUT2D eigenvalue weighted by molar-refractivity contribution is 0.198. The van der Waals surface area contributed by atoms with Crippen molar-refractivity contribution in [1.29, 1.82) is 0 Å². The van der Waals surface area contributed by atoms with E-state index in [1.165, 1.54) is 11.1 Å². The van der Waals surface area contributed by atoms with E-state index in [1.807, 2.05) is 7.05 Å². The number of methoxy groups -OCH3 is 1. The van der Waals surface area contributed by atoms with Gasteiger partial charge in [-0.15, -0.1) is 0 Å². The first-order valence-electron chi connectivity index (χ1n) is 7.00. The van der Waals surface area contributed by atoms with E-state index in [9.17, 15) is 0 Å². The maximum atomic E-state index is 5.47. The van der Waals surface area contributed by atoms with E-state index in [-0.39, 0.29) is 0 Å². The second-order valence-electron chi connectivity index (χ2n) is 5.58. The van der Waals surface area contributed by atoms with Crippen LogP contribution in [0.25, 0.3) is 0 Å². The topological polar surface area (TPSA) is 24.5 Å². The van der Waals surface area contributed by atoms with Gasteiger partial charge >= 0.3 is 0 Å². The molecule has 108 valence electrons. The van der Waals surface area contributed by atoms with Gasteiger partial charge in [-0.05, 0) is 44.6 Å². The summed E-state index contributed by atoms with van der Waals surface area (Å²) in [5, 5.41) is 3.19. The Labute approximate surface area is 118 Å². The highest BCUT2D eigenvalue weighted by molar-refractivity contribution is 5.37. The van der Waals surface area contributed by atoms with E-state index in [1.54, 1.807) is 7.11 Å². The molecule has 0 bridgehead atoms. The van der Waals surface area contributed by atoms with Crippen molar-refractivity contribution in [2.45, 2.75) is 39.9 Å². The Morgan fingerprint density at radius 3 is 2.47 bits per heavy atom. The zero-order valence-corrected chi connectivity index (χ0v) is 13.2. The molecule has 3 nitrogen and oxygen atoms in total. The average molecular weight is 264 g/mol. The van der Waals surface area contributed by atoms with Gasteiger partial charge < -0.3 is 10.1 Å². The summed E-state index contributed by atoms with van der Waals surface area (Å²) in [5.74, 6) is 1.62. The fourth-order valence-electron chi connectivity index (χ4n) is 2.19. The Balaban J connectivity index is 2.87. The maximum absolute atomic E-state index is 5.47. The molecule has 3 heteroatoms. The number of benzene rings is 1. The lowest BCUT2D eigenvalue weighted by atomic mass is 10.0. The zero-order chi connectivity index (χ0) is 14.4. The number of rotatable bonds is 7. The van der Waals surface area contributed by atoms with Crippen LogP contribution in [0.2, 0.25) is 0 Å². The van der Waals surface area contributed by atoms with E-state index in [2.05, 4.69) is 56.2 Å². The highest BCUT2D eigenvalue weighted by Gasteiger charge is 2.15. The van der Waals surface area contributed by atoms with Crippen molar-refractivity contribution in [1.82, 2.24) is 10.2 Å². The molecule has 0 amide bonds. The van der Waals surface area contributed by atoms with Crippen molar-refractivity contribution in [2.75, 3.05) is 21.2 Å². The third-order valence-corrected chi connectivity index (χ3v) is 3.81. The number of nitrogens with one attached hydrogen (secondary N) is 1. The zero-order valence-electron chi connectivity index (χ0n) is 13.2. The Morgan fingerprint density at radius 2 is 1.95 bits per heavy atom. The van der Waals surface area contributed by atoms with E-state index < -0.39 is 0 Å². The minimum Gasteiger partial charge on any atom is -0.496 e. The molecule has 1 N–H and O–H groups in total. The number of hydrogen-bond donors (Lipinski definition) is 1. The van der Waals surface area contributed by atoms with Crippen LogP contribution in [-0.4, -0.2) is 32.1 Å². The predicted molar refractivity (Wildman–Crippen MR) is 81.5 cm³/mol. The fraction of sp³-hybridized carbons (Fsp3) is 0.625. The summed E-state index contributed by atoms with van der Waals surface area (Å²) in [6, 6.07) is 6.97. The van der Waals surface area contributed by atoms with Crippen molar-refractivity contribution >= 4 is 0 Å². The highest BCUT2D eigenvalue weighted by atomic mass is 16.5. The van der Waals surface area contributed by atoms with E-state index >= 15 is 0 Å². The molecule has 1 aromatic carbocycles. The smallest absolute Gasteiger partial charge is 0.123 e. The maximum Gasteiger partial charge on any atom is 0.123 e. The first-order valence-corrected chi connectivity index (χ1v) is 7.00. The molecule has 1 atom stereocenters. The molecule has 0 spiro atoms. The molecule has 1 aromatic rings. The molecule has 0 saturated carbocycles. The molecule has 0 aliphatic carbocycles. The third kappa shape index (κ3) is 4.51. The van der Waals surface area contributed by atoms with E-state index in [4.69, 9.17) is 4.74 Å². The quantitative estimate of drug-likeness (QED) is 0.819. The average Bonchev–Trinajstić information content (AvgIpc) is 2.38. The molecule has 0 radical (unpaired) electrons. The Kier molecular flexibility index (Phi) is 6.32. The van der Waals surface area contributed by atoms with Crippen molar-refractivity contribution in [3.63, 3.8) is 0 Å². The Hall–Kier alpha value is -1.06. The summed E-state index contributed by atoms with van der Waals surface area (Å²) in [6.45, 7) is 8.60. The molecule has 0 aliphatic rings. The van der Waals surface area contributed by atoms with Gasteiger partial charge in [-0.25, -0.2) is 0 Å². The number of nitrogens with zero attached hydrogens (tertiary/aromatic N) is 1. The van der Waals surface area contributed by atoms with Gasteiger partial charge in [0.25, 0.3) is 0 Å². The van der Waals surface area contributed by atoms with Crippen LogP contribution in [0.15, 0.2) is 18.2 Å². The highest BCUT2D eigenvalue weighted by Crippen LogP contribution is 2.23. The molecule has 0 aliphatic heterocycles. The molecular weight excluding hydrogens is 236 g/mol. The van der Waals surface area contributed by atoms with Crippen molar-refractivity contribution in [3.05, 3.63) is 29.3 Å². The molecule has 1 unspecified atom stereocenters. The van der Waals surface area contributed by atoms with Gasteiger partial charge in [0.15, 0.2) is 0 Å². The van der Waals surface area contributed by atoms with Gasteiger partial charge in [0.1, 0.15) is 5.75 Å². The number of hydrogen-bond acceptors (Lipinski definition) is 3. The van der Waals surface area contributed by atoms with Gasteiger partial charge in [-0.2, -0.15) is 0 Å². The van der Waals surface area contributed by atoms with E-state index in [0.717, 1.165) is 18.8 Å². The van der Waals surface area contributed by atoms with Gasteiger partial charge in [-0.3, -0.25) is 4.90 Å². The molecule has 0 aromatic heterocycles. The van der Waals surface area contributed by atoms with Crippen LogP contribution in [0.1, 0.15) is 31.9 Å². The van der Waals surface area contributed by atoms with Crippen LogP contribution in [0.4, 0.5) is 0 Å². The Bertz CT molecular complexity index is 390. The van der Waals surface area contributed by atoms with Crippen molar-refractivity contribution < 1.29 is 4.74 Å². The van der Waals surface area contributed by atoms with Gasteiger partial charge in [0.2, 0.25) is 0 Å². The van der Waals surface area contributed by atoms with Gasteiger partial charge in [0, 0.05) is 24.7 Å². The first-order chi connectivity index (χ1) is 8.99. The molecule has 0 fully saturated rings. The van der Waals surface area contributed by atoms with Gasteiger partial charge in [-0.1, -0.05) is 19.9 Å². The standard InChI is InChI=1S/C16H28N2O/c1-12(2)13(3)18(5)11-15-9-14(10-17-4)7-8-16(15)19-6/h7-9,12-13,17H,10-11H2,1-6H3. The second kappa shape index (κ2) is 7.51. The summed E-state index contributed by atoms with van der Waals surface area (Å²) in [5.41, 5.74) is 2.55. The normalized spacial score (nSPS) is 13.1. The fourth-order valence-corrected chi connectivity index (χ4v) is 2.19. The molecule has 0 heterocycles. The monoisotopic (exact) mass is 264 g/mol. The largest absolute Gasteiger partial charge is 0.496 e. The summed E-state index contributed by atoms with van der Waals surface area (Å²) < 4.78 is 5.47. The van der Waals surface area contributed by atoms with Crippen LogP contribution in [0.3, 0.4) is 0 Å². The van der Waals surface area contributed by atoms with Gasteiger partial charge in [0.05, 0.1) is 7.11 Å². The second-order valence-corrected chi connectivity index (χ2v) is 5.58. The predicted octanol–water partition coefficient (Wildman–Crippen LogP) is 2.89. The lowest BCUT2D eigenvalue weighted by Crippen LogP contribution is -2.32. The van der Waals surface area contributed by atoms with Crippen LogP contribution in [-0.2, 0) is 13.1 Å². The SMILES string of the molecule is CNCc1ccc(OC)c(CN(C)C(C)C(C)C)c1. The minimum atomic E-state index is 0.553. The Morgan fingerprint density at radius 1 is 1.26 bits per heavy atom. The molecule has 19 heavy (non-hydrogen) atoms. The summed E-state index contributed by atoms with van der Waals surface area (Å²) in [7, 11) is 5.88. The van der Waals surface area contributed by atoms with Crippen LogP contribution in [0.5, 0.6) is 5.75 Å². The van der Waals surface area contributed by atoms with Crippen molar-refractivity contribution in [3.8, 4) is 5.75 Å².